The molecule has 0 radical (unpaired) electrons. The molecule has 0 spiro atoms. The SMILES string of the molecule is C[C@@H](c1ccc(C2=CCC(=O)C=C2)cc1)N1CC[C@](CC(C)(C)NS(C)(=O)=O)(c2ccccc2)OC1=O. The predicted molar refractivity (Wildman–Crippen MR) is 144 cm³/mol. The Labute approximate surface area is 219 Å². The number of amides is 1. The molecule has 4 rings (SSSR count). The third-order valence-corrected chi connectivity index (χ3v) is 7.85. The van der Waals surface area contributed by atoms with E-state index in [2.05, 4.69) is 4.72 Å². The molecule has 1 N–H and O–H groups in total. The lowest BCUT2D eigenvalue weighted by Gasteiger charge is -2.46. The van der Waals surface area contributed by atoms with Gasteiger partial charge >= 0.3 is 6.09 Å². The van der Waals surface area contributed by atoms with E-state index in [0.717, 1.165) is 28.5 Å². The fraction of sp³-hybridized carbons (Fsp3) is 0.379. The fourth-order valence-corrected chi connectivity index (χ4v) is 6.40. The van der Waals surface area contributed by atoms with E-state index in [0.29, 0.717) is 25.8 Å². The Hall–Kier alpha value is -3.23. The van der Waals surface area contributed by atoms with Crippen LogP contribution in [0.1, 0.15) is 62.8 Å². The predicted octanol–water partition coefficient (Wildman–Crippen LogP) is 5.12. The van der Waals surface area contributed by atoms with Gasteiger partial charge in [-0.2, -0.15) is 0 Å². The largest absolute Gasteiger partial charge is 0.438 e. The number of carbonyl (C=O) groups excluding carboxylic acids is 2. The molecule has 0 bridgehead atoms. The lowest BCUT2D eigenvalue weighted by atomic mass is 9.79. The van der Waals surface area contributed by atoms with E-state index in [1.807, 2.05) is 73.7 Å². The molecule has 1 aliphatic heterocycles. The molecule has 1 heterocycles. The number of carbonyl (C=O) groups is 2. The summed E-state index contributed by atoms with van der Waals surface area (Å²) in [5.41, 5.74) is 2.05. The van der Waals surface area contributed by atoms with Crippen LogP contribution in [0.25, 0.3) is 5.57 Å². The molecule has 196 valence electrons. The molecule has 2 aromatic carbocycles. The number of hydrogen-bond donors (Lipinski definition) is 1. The van der Waals surface area contributed by atoms with E-state index >= 15 is 0 Å². The highest BCUT2D eigenvalue weighted by molar-refractivity contribution is 7.88. The van der Waals surface area contributed by atoms with Crippen LogP contribution >= 0.6 is 0 Å². The summed E-state index contributed by atoms with van der Waals surface area (Å²) in [4.78, 5) is 26.6. The normalized spacial score (nSPS) is 21.4. The van der Waals surface area contributed by atoms with Crippen molar-refractivity contribution in [2.24, 2.45) is 0 Å². The van der Waals surface area contributed by atoms with Crippen molar-refractivity contribution in [1.29, 1.82) is 0 Å². The molecule has 2 aliphatic rings. The highest BCUT2D eigenvalue weighted by Gasteiger charge is 2.47. The van der Waals surface area contributed by atoms with Crippen molar-refractivity contribution in [3.05, 3.63) is 89.5 Å². The van der Waals surface area contributed by atoms with Crippen LogP contribution in [0.2, 0.25) is 0 Å². The van der Waals surface area contributed by atoms with Gasteiger partial charge in [-0.25, -0.2) is 17.9 Å². The van der Waals surface area contributed by atoms with Crippen molar-refractivity contribution < 1.29 is 22.7 Å². The lowest BCUT2D eigenvalue weighted by molar-refractivity contribution is -0.113. The molecule has 7 nitrogen and oxygen atoms in total. The second-order valence-corrected chi connectivity index (χ2v) is 12.3. The number of allylic oxidation sites excluding steroid dienone is 4. The third-order valence-electron chi connectivity index (χ3n) is 6.93. The van der Waals surface area contributed by atoms with Crippen molar-refractivity contribution in [1.82, 2.24) is 9.62 Å². The number of ketones is 1. The van der Waals surface area contributed by atoms with Gasteiger partial charge in [0.2, 0.25) is 10.0 Å². The van der Waals surface area contributed by atoms with Gasteiger partial charge in [-0.1, -0.05) is 66.7 Å². The number of nitrogens with zero attached hydrogens (tertiary/aromatic N) is 1. The molecule has 2 aromatic rings. The molecular formula is C29H34N2O5S. The van der Waals surface area contributed by atoms with E-state index in [1.54, 1.807) is 24.8 Å². The first-order chi connectivity index (χ1) is 17.4. The summed E-state index contributed by atoms with van der Waals surface area (Å²) < 4.78 is 32.8. The Balaban J connectivity index is 1.54. The molecule has 0 aromatic heterocycles. The van der Waals surface area contributed by atoms with Crippen molar-refractivity contribution in [2.45, 2.75) is 57.2 Å². The van der Waals surface area contributed by atoms with Crippen LogP contribution in [0.4, 0.5) is 4.79 Å². The Morgan fingerprint density at radius 1 is 1.05 bits per heavy atom. The number of sulfonamides is 1. The highest BCUT2D eigenvalue weighted by Crippen LogP contribution is 2.42. The number of ether oxygens (including phenoxy) is 1. The molecule has 1 amide bonds. The summed E-state index contributed by atoms with van der Waals surface area (Å²) in [6.07, 6.45) is 7.27. The summed E-state index contributed by atoms with van der Waals surface area (Å²) in [6.45, 7) is 6.03. The van der Waals surface area contributed by atoms with Gasteiger partial charge in [0, 0.05) is 31.3 Å². The average Bonchev–Trinajstić information content (AvgIpc) is 2.83. The van der Waals surface area contributed by atoms with Crippen LogP contribution in [0.3, 0.4) is 0 Å². The zero-order valence-electron chi connectivity index (χ0n) is 21.7. The summed E-state index contributed by atoms with van der Waals surface area (Å²) in [7, 11) is -3.46. The highest BCUT2D eigenvalue weighted by atomic mass is 32.2. The molecule has 2 atom stereocenters. The molecule has 8 heteroatoms. The Bertz CT molecular complexity index is 1330. The van der Waals surface area contributed by atoms with Crippen molar-refractivity contribution in [3.8, 4) is 0 Å². The van der Waals surface area contributed by atoms with E-state index in [-0.39, 0.29) is 11.8 Å². The minimum absolute atomic E-state index is 0.0969. The van der Waals surface area contributed by atoms with E-state index in [9.17, 15) is 18.0 Å². The lowest BCUT2D eigenvalue weighted by Crippen LogP contribution is -2.54. The van der Waals surface area contributed by atoms with Crippen LogP contribution in [0, 0.1) is 0 Å². The maximum atomic E-state index is 13.4. The second-order valence-electron chi connectivity index (χ2n) is 10.6. The number of benzene rings is 2. The van der Waals surface area contributed by atoms with Gasteiger partial charge in [-0.3, -0.25) is 4.79 Å². The summed E-state index contributed by atoms with van der Waals surface area (Å²) in [5, 5.41) is 0. The van der Waals surface area contributed by atoms with Gasteiger partial charge in [0.05, 0.1) is 12.3 Å². The summed E-state index contributed by atoms with van der Waals surface area (Å²) in [5.74, 6) is 0.0969. The zero-order valence-corrected chi connectivity index (χ0v) is 22.5. The second kappa shape index (κ2) is 10.3. The zero-order chi connectivity index (χ0) is 26.8. The van der Waals surface area contributed by atoms with Gasteiger partial charge in [0.15, 0.2) is 5.78 Å². The van der Waals surface area contributed by atoms with Gasteiger partial charge in [-0.05, 0) is 49.1 Å². The molecule has 1 aliphatic carbocycles. The molecular weight excluding hydrogens is 488 g/mol. The minimum Gasteiger partial charge on any atom is -0.438 e. The number of rotatable bonds is 8. The monoisotopic (exact) mass is 522 g/mol. The Morgan fingerprint density at radius 3 is 2.30 bits per heavy atom. The van der Waals surface area contributed by atoms with Crippen molar-refractivity contribution >= 4 is 27.5 Å². The van der Waals surface area contributed by atoms with Crippen LogP contribution < -0.4 is 4.72 Å². The fourth-order valence-electron chi connectivity index (χ4n) is 5.32. The van der Waals surface area contributed by atoms with Crippen molar-refractivity contribution in [3.63, 3.8) is 0 Å². The van der Waals surface area contributed by atoms with Gasteiger partial charge in [-0.15, -0.1) is 0 Å². The first-order valence-electron chi connectivity index (χ1n) is 12.4. The van der Waals surface area contributed by atoms with Crippen LogP contribution in [0.5, 0.6) is 0 Å². The number of nitrogens with one attached hydrogen (secondary N) is 1. The smallest absolute Gasteiger partial charge is 0.411 e. The van der Waals surface area contributed by atoms with Gasteiger partial charge < -0.3 is 9.64 Å². The van der Waals surface area contributed by atoms with Gasteiger partial charge in [0.1, 0.15) is 5.60 Å². The van der Waals surface area contributed by atoms with E-state index in [4.69, 9.17) is 4.74 Å². The van der Waals surface area contributed by atoms with E-state index < -0.39 is 27.3 Å². The minimum atomic E-state index is -3.46. The standard InChI is InChI=1S/C29H34N2O5S/c1-21(22-10-12-23(13-11-22)24-14-16-26(32)17-15-24)31-19-18-29(36-27(31)33,25-8-6-5-7-9-25)20-28(2,3)30-37(4,34)35/h5-16,21,30H,17-20H2,1-4H3/t21-,29-/m0/s1. The molecule has 0 unspecified atom stereocenters. The van der Waals surface area contributed by atoms with Gasteiger partial charge in [0.25, 0.3) is 0 Å². The van der Waals surface area contributed by atoms with Crippen LogP contribution in [-0.2, 0) is 25.2 Å². The summed E-state index contributed by atoms with van der Waals surface area (Å²) >= 11 is 0. The average molecular weight is 523 g/mol. The van der Waals surface area contributed by atoms with Crippen LogP contribution in [-0.4, -0.2) is 43.5 Å². The third kappa shape index (κ3) is 6.37. The van der Waals surface area contributed by atoms with Crippen LogP contribution in [0.15, 0.2) is 72.8 Å². The molecule has 37 heavy (non-hydrogen) atoms. The Kier molecular flexibility index (Phi) is 7.44. The Morgan fingerprint density at radius 2 is 1.73 bits per heavy atom. The van der Waals surface area contributed by atoms with Crippen molar-refractivity contribution in [2.75, 3.05) is 12.8 Å². The first-order valence-corrected chi connectivity index (χ1v) is 14.3. The number of hydrogen-bond acceptors (Lipinski definition) is 5. The number of cyclic esters (lactones) is 1. The topological polar surface area (TPSA) is 92.8 Å². The van der Waals surface area contributed by atoms with E-state index in [1.165, 1.54) is 0 Å². The molecule has 0 saturated carbocycles. The molecule has 1 saturated heterocycles. The maximum Gasteiger partial charge on any atom is 0.411 e. The quantitative estimate of drug-likeness (QED) is 0.520. The molecule has 1 fully saturated rings. The summed E-state index contributed by atoms with van der Waals surface area (Å²) in [6, 6.07) is 17.3. The first kappa shape index (κ1) is 26.8. The maximum absolute atomic E-state index is 13.4.